The first kappa shape index (κ1) is 13.2. The maximum Gasteiger partial charge on any atom is 0.182 e. The van der Waals surface area contributed by atoms with Gasteiger partial charge in [0.25, 0.3) is 0 Å². The van der Waals surface area contributed by atoms with E-state index in [4.69, 9.17) is 12.2 Å². The van der Waals surface area contributed by atoms with E-state index in [1.807, 2.05) is 0 Å². The molecule has 5 heteroatoms. The van der Waals surface area contributed by atoms with E-state index >= 15 is 0 Å². The Hall–Kier alpha value is -1.23. The molecule has 0 bridgehead atoms. The minimum atomic E-state index is -0.898. The van der Waals surface area contributed by atoms with Crippen LogP contribution in [0, 0.1) is 11.6 Å². The summed E-state index contributed by atoms with van der Waals surface area (Å²) in [5, 5.41) is 6.20. The van der Waals surface area contributed by atoms with Crippen molar-refractivity contribution in [2.75, 3.05) is 5.32 Å². The van der Waals surface area contributed by atoms with Gasteiger partial charge < -0.3 is 10.6 Å². The van der Waals surface area contributed by atoms with Crippen LogP contribution in [0.3, 0.4) is 0 Å². The van der Waals surface area contributed by atoms with Gasteiger partial charge in [0.2, 0.25) is 0 Å². The summed E-state index contributed by atoms with van der Waals surface area (Å²) < 4.78 is 26.4. The van der Waals surface area contributed by atoms with E-state index in [1.165, 1.54) is 31.4 Å². The number of hydrogen-bond donors (Lipinski definition) is 2. The molecule has 0 spiro atoms. The molecule has 2 rings (SSSR count). The molecule has 1 saturated carbocycles. The molecule has 2 N–H and O–H groups in total. The predicted molar refractivity (Wildman–Crippen MR) is 72.6 cm³/mol. The topological polar surface area (TPSA) is 24.1 Å². The Morgan fingerprint density at radius 2 is 1.89 bits per heavy atom. The van der Waals surface area contributed by atoms with Crippen molar-refractivity contribution in [2.45, 2.75) is 38.1 Å². The quantitative estimate of drug-likeness (QED) is 0.803. The zero-order chi connectivity index (χ0) is 13.0. The maximum atomic E-state index is 13.4. The number of benzene rings is 1. The lowest BCUT2D eigenvalue weighted by atomic mass is 9.96. The fourth-order valence-corrected chi connectivity index (χ4v) is 2.47. The van der Waals surface area contributed by atoms with Crippen LogP contribution in [-0.4, -0.2) is 11.2 Å². The molecule has 0 unspecified atom stereocenters. The summed E-state index contributed by atoms with van der Waals surface area (Å²) >= 11 is 5.11. The molecule has 1 aromatic carbocycles. The highest BCUT2D eigenvalue weighted by Crippen LogP contribution is 2.19. The number of halogens is 2. The Morgan fingerprint density at radius 1 is 1.17 bits per heavy atom. The molecule has 1 aliphatic rings. The minimum absolute atomic E-state index is 0.0725. The Morgan fingerprint density at radius 3 is 2.61 bits per heavy atom. The van der Waals surface area contributed by atoms with Gasteiger partial charge in [0.15, 0.2) is 16.7 Å². The third-order valence-corrected chi connectivity index (χ3v) is 3.36. The second-order valence-corrected chi connectivity index (χ2v) is 4.94. The largest absolute Gasteiger partial charge is 0.360 e. The van der Waals surface area contributed by atoms with E-state index in [2.05, 4.69) is 10.6 Å². The second-order valence-electron chi connectivity index (χ2n) is 4.53. The smallest absolute Gasteiger partial charge is 0.182 e. The summed E-state index contributed by atoms with van der Waals surface area (Å²) in [5.74, 6) is -1.77. The van der Waals surface area contributed by atoms with Crippen LogP contribution in [-0.2, 0) is 0 Å². The van der Waals surface area contributed by atoms with Crippen molar-refractivity contribution >= 4 is 23.0 Å². The Balaban J connectivity index is 1.92. The number of thiocarbonyl (C=S) groups is 1. The van der Waals surface area contributed by atoms with Crippen molar-refractivity contribution in [1.29, 1.82) is 0 Å². The van der Waals surface area contributed by atoms with E-state index in [9.17, 15) is 8.78 Å². The van der Waals surface area contributed by atoms with Crippen molar-refractivity contribution in [1.82, 2.24) is 5.32 Å². The first-order valence-corrected chi connectivity index (χ1v) is 6.59. The van der Waals surface area contributed by atoms with Crippen LogP contribution in [0.2, 0.25) is 0 Å². The van der Waals surface area contributed by atoms with Gasteiger partial charge >= 0.3 is 0 Å². The van der Waals surface area contributed by atoms with E-state index in [1.54, 1.807) is 0 Å². The van der Waals surface area contributed by atoms with Crippen LogP contribution in [0.1, 0.15) is 32.1 Å². The van der Waals surface area contributed by atoms with E-state index < -0.39 is 11.6 Å². The fraction of sp³-hybridized carbons (Fsp3) is 0.462. The lowest BCUT2D eigenvalue weighted by molar-refractivity contribution is 0.414. The summed E-state index contributed by atoms with van der Waals surface area (Å²) in [6.45, 7) is 0. The summed E-state index contributed by atoms with van der Waals surface area (Å²) in [6.07, 6.45) is 5.79. The van der Waals surface area contributed by atoms with Crippen LogP contribution in [0.15, 0.2) is 18.2 Å². The van der Waals surface area contributed by atoms with Gasteiger partial charge in [-0.3, -0.25) is 0 Å². The molecule has 1 aromatic rings. The van der Waals surface area contributed by atoms with Gasteiger partial charge in [-0.1, -0.05) is 25.3 Å². The Kier molecular flexibility index (Phi) is 4.47. The fourth-order valence-electron chi connectivity index (χ4n) is 2.19. The van der Waals surface area contributed by atoms with Crippen molar-refractivity contribution in [3.05, 3.63) is 29.8 Å². The van der Waals surface area contributed by atoms with Gasteiger partial charge in [0.1, 0.15) is 0 Å². The first-order chi connectivity index (χ1) is 8.66. The lowest BCUT2D eigenvalue weighted by Crippen LogP contribution is -2.39. The monoisotopic (exact) mass is 270 g/mol. The van der Waals surface area contributed by atoms with Gasteiger partial charge in [0, 0.05) is 6.04 Å². The number of hydrogen-bond acceptors (Lipinski definition) is 1. The van der Waals surface area contributed by atoms with Crippen LogP contribution in [0.25, 0.3) is 0 Å². The van der Waals surface area contributed by atoms with Gasteiger partial charge in [-0.05, 0) is 37.2 Å². The molecule has 0 amide bonds. The molecule has 0 heterocycles. The molecule has 2 nitrogen and oxygen atoms in total. The molecule has 1 fully saturated rings. The molecule has 1 aliphatic carbocycles. The van der Waals surface area contributed by atoms with Gasteiger partial charge in [0.05, 0.1) is 5.69 Å². The first-order valence-electron chi connectivity index (χ1n) is 6.18. The molecular weight excluding hydrogens is 254 g/mol. The zero-order valence-corrected chi connectivity index (χ0v) is 10.8. The Labute approximate surface area is 111 Å². The SMILES string of the molecule is Fc1cccc(NC(=S)NC2CCCCC2)c1F. The minimum Gasteiger partial charge on any atom is -0.360 e. The average Bonchev–Trinajstić information content (AvgIpc) is 2.36. The summed E-state index contributed by atoms with van der Waals surface area (Å²) in [4.78, 5) is 0. The van der Waals surface area contributed by atoms with Crippen molar-refractivity contribution < 1.29 is 8.78 Å². The normalized spacial score (nSPS) is 16.3. The van der Waals surface area contributed by atoms with Crippen molar-refractivity contribution in [3.8, 4) is 0 Å². The summed E-state index contributed by atoms with van der Waals surface area (Å²) in [6, 6.07) is 4.34. The molecule has 0 radical (unpaired) electrons. The highest BCUT2D eigenvalue weighted by molar-refractivity contribution is 7.80. The predicted octanol–water partition coefficient (Wildman–Crippen LogP) is 3.58. The summed E-state index contributed by atoms with van der Waals surface area (Å²) in [5.41, 5.74) is 0.0725. The third kappa shape index (κ3) is 3.38. The molecular formula is C13H16F2N2S. The molecule has 0 aliphatic heterocycles. The van der Waals surface area contributed by atoms with E-state index in [0.29, 0.717) is 11.2 Å². The Bertz CT molecular complexity index is 431. The number of rotatable bonds is 2. The van der Waals surface area contributed by atoms with Crippen LogP contribution in [0.4, 0.5) is 14.5 Å². The van der Waals surface area contributed by atoms with Crippen LogP contribution >= 0.6 is 12.2 Å². The van der Waals surface area contributed by atoms with Gasteiger partial charge in [-0.25, -0.2) is 8.78 Å². The van der Waals surface area contributed by atoms with Crippen molar-refractivity contribution in [3.63, 3.8) is 0 Å². The highest BCUT2D eigenvalue weighted by Gasteiger charge is 2.15. The van der Waals surface area contributed by atoms with E-state index in [0.717, 1.165) is 18.9 Å². The lowest BCUT2D eigenvalue weighted by Gasteiger charge is -2.24. The number of nitrogens with one attached hydrogen (secondary N) is 2. The zero-order valence-electron chi connectivity index (χ0n) is 10.0. The van der Waals surface area contributed by atoms with Crippen LogP contribution in [0.5, 0.6) is 0 Å². The molecule has 98 valence electrons. The molecule has 0 aromatic heterocycles. The molecule has 0 saturated heterocycles. The average molecular weight is 270 g/mol. The molecule has 18 heavy (non-hydrogen) atoms. The summed E-state index contributed by atoms with van der Waals surface area (Å²) in [7, 11) is 0. The highest BCUT2D eigenvalue weighted by atomic mass is 32.1. The second kappa shape index (κ2) is 6.09. The third-order valence-electron chi connectivity index (χ3n) is 3.14. The van der Waals surface area contributed by atoms with Crippen molar-refractivity contribution in [2.24, 2.45) is 0 Å². The number of anilines is 1. The maximum absolute atomic E-state index is 13.4. The van der Waals surface area contributed by atoms with Gasteiger partial charge in [-0.15, -0.1) is 0 Å². The van der Waals surface area contributed by atoms with Gasteiger partial charge in [-0.2, -0.15) is 0 Å². The van der Waals surface area contributed by atoms with E-state index in [-0.39, 0.29) is 5.69 Å². The molecule has 0 atom stereocenters. The standard InChI is InChI=1S/C13H16F2N2S/c14-10-7-4-8-11(12(10)15)17-13(18)16-9-5-2-1-3-6-9/h4,7-9H,1-3,5-6H2,(H2,16,17,18). The van der Waals surface area contributed by atoms with Crippen LogP contribution < -0.4 is 10.6 Å².